The number of hydrogen-bond donors (Lipinski definition) is 1. The van der Waals surface area contributed by atoms with Crippen LogP contribution in [0.25, 0.3) is 32.1 Å². The largest absolute Gasteiger partial charge is 0.463 e. The molecule has 2 aromatic heterocycles. The maximum absolute atomic E-state index is 17.6. The fourth-order valence-corrected chi connectivity index (χ4v) is 9.89. The summed E-state index contributed by atoms with van der Waals surface area (Å²) < 4.78 is 108. The normalized spacial score (nSPS) is 24.0. The van der Waals surface area contributed by atoms with Crippen molar-refractivity contribution in [3.8, 4) is 23.2 Å². The van der Waals surface area contributed by atoms with Crippen molar-refractivity contribution in [3.63, 3.8) is 0 Å². The lowest BCUT2D eigenvalue weighted by Crippen LogP contribution is -2.66. The third-order valence-corrected chi connectivity index (χ3v) is 12.0. The zero-order valence-electron chi connectivity index (χ0n) is 33.9. The number of nitrogens with one attached hydrogen (secondary N) is 1. The number of aromatic nitrogens is 2. The van der Waals surface area contributed by atoms with Crippen molar-refractivity contribution >= 4 is 55.3 Å². The van der Waals surface area contributed by atoms with Crippen LogP contribution in [0.3, 0.4) is 0 Å². The third-order valence-electron chi connectivity index (χ3n) is 10.9. The number of fused-ring (bicyclic) bond motifs is 5. The van der Waals surface area contributed by atoms with Gasteiger partial charge in [0.15, 0.2) is 5.82 Å². The lowest BCUT2D eigenvalue weighted by atomic mass is 9.64. The zero-order valence-corrected chi connectivity index (χ0v) is 34.8. The Labute approximate surface area is 345 Å². The van der Waals surface area contributed by atoms with E-state index in [1.54, 1.807) is 46.4 Å². The van der Waals surface area contributed by atoms with Gasteiger partial charge in [0, 0.05) is 34.8 Å². The number of nitriles is 1. The highest BCUT2D eigenvalue weighted by atomic mass is 32.1. The van der Waals surface area contributed by atoms with Gasteiger partial charge in [-0.1, -0.05) is 6.07 Å². The quantitative estimate of drug-likeness (QED) is 0.186. The molecule has 0 radical (unpaired) electrons. The van der Waals surface area contributed by atoms with Gasteiger partial charge >= 0.3 is 24.4 Å². The first-order valence-electron chi connectivity index (χ1n) is 19.3. The molecule has 1 saturated carbocycles. The van der Waals surface area contributed by atoms with Crippen LogP contribution >= 0.6 is 11.3 Å². The molecule has 19 heteroatoms. The van der Waals surface area contributed by atoms with Crippen molar-refractivity contribution in [2.24, 2.45) is 5.41 Å². The Morgan fingerprint density at radius 2 is 1.70 bits per heavy atom. The van der Waals surface area contributed by atoms with Crippen LogP contribution in [0.2, 0.25) is 0 Å². The van der Waals surface area contributed by atoms with Gasteiger partial charge < -0.3 is 33.5 Å². The Hall–Kier alpha value is -5.06. The lowest BCUT2D eigenvalue weighted by molar-refractivity contribution is -0.137. The van der Waals surface area contributed by atoms with Gasteiger partial charge in [0.25, 0.3) is 0 Å². The minimum absolute atomic E-state index is 0.0567. The highest BCUT2D eigenvalue weighted by Gasteiger charge is 2.60. The molecule has 13 nitrogen and oxygen atoms in total. The van der Waals surface area contributed by atoms with E-state index in [2.05, 4.69) is 15.3 Å². The fraction of sp³-hybridized carbons (Fsp3) is 0.537. The maximum atomic E-state index is 17.6. The summed E-state index contributed by atoms with van der Waals surface area (Å²) in [6.07, 6.45) is -5.36. The number of anilines is 2. The first-order chi connectivity index (χ1) is 28.0. The minimum Gasteiger partial charge on any atom is -0.463 e. The number of nitrogens with zero attached hydrogens (tertiary/aromatic N) is 5. The molecule has 2 atom stereocenters. The van der Waals surface area contributed by atoms with E-state index in [-0.39, 0.29) is 76.2 Å². The van der Waals surface area contributed by atoms with Crippen LogP contribution in [0.1, 0.15) is 72.4 Å². The Kier molecular flexibility index (Phi) is 9.91. The summed E-state index contributed by atoms with van der Waals surface area (Å²) in [4.78, 5) is 38.2. The molecule has 2 aromatic carbocycles. The second kappa shape index (κ2) is 14.3. The van der Waals surface area contributed by atoms with Gasteiger partial charge in [0.05, 0.1) is 59.9 Å². The Morgan fingerprint density at radius 1 is 1.03 bits per heavy atom. The molecular formula is C41H43F5N6O7S. The molecule has 9 rings (SSSR count). The van der Waals surface area contributed by atoms with Crippen molar-refractivity contribution in [2.45, 2.75) is 96.4 Å². The average molecular weight is 859 g/mol. The number of rotatable bonds is 6. The van der Waals surface area contributed by atoms with Gasteiger partial charge in [-0.25, -0.2) is 18.4 Å². The second-order valence-corrected chi connectivity index (χ2v) is 19.2. The molecule has 6 heterocycles. The van der Waals surface area contributed by atoms with Gasteiger partial charge in [0.2, 0.25) is 0 Å². The van der Waals surface area contributed by atoms with Crippen molar-refractivity contribution in [1.82, 2.24) is 14.9 Å². The van der Waals surface area contributed by atoms with Gasteiger partial charge in [-0.2, -0.15) is 28.4 Å². The molecule has 0 spiro atoms. The van der Waals surface area contributed by atoms with E-state index in [1.807, 2.05) is 13.0 Å². The fourth-order valence-electron chi connectivity index (χ4n) is 8.82. The molecule has 4 bridgehead atoms. The van der Waals surface area contributed by atoms with E-state index < -0.39 is 81.1 Å². The highest BCUT2D eigenvalue weighted by molar-refractivity contribution is 7.23. The molecule has 60 heavy (non-hydrogen) atoms. The molecule has 5 fully saturated rings. The van der Waals surface area contributed by atoms with E-state index >= 15 is 22.0 Å². The SMILES string of the molecule is CC(C)(C)OC(=O)Nc1sc2c(F)ccc(-c3c(C(F)(F)F)cc4c(N5C6COCC5CN(C(=O)OC(C)(C)C)C6)nc(OCC56COC(C)(C5)C6)nc4c3F)c2c1C#N. The van der Waals surface area contributed by atoms with Crippen LogP contribution in [0.4, 0.5) is 42.4 Å². The predicted octanol–water partition coefficient (Wildman–Crippen LogP) is 8.80. The van der Waals surface area contributed by atoms with Crippen LogP contribution in [-0.2, 0) is 25.1 Å². The number of thiophene rings is 1. The van der Waals surface area contributed by atoms with Crippen LogP contribution in [0, 0.1) is 28.4 Å². The molecule has 1 aliphatic carbocycles. The minimum atomic E-state index is -5.20. The van der Waals surface area contributed by atoms with Crippen molar-refractivity contribution in [3.05, 3.63) is 41.0 Å². The van der Waals surface area contributed by atoms with Crippen LogP contribution < -0.4 is 15.0 Å². The Balaban J connectivity index is 1.30. The molecular weight excluding hydrogens is 816 g/mol. The zero-order chi connectivity index (χ0) is 43.3. The molecule has 320 valence electrons. The van der Waals surface area contributed by atoms with E-state index in [9.17, 15) is 14.9 Å². The van der Waals surface area contributed by atoms with Crippen molar-refractivity contribution in [2.75, 3.05) is 49.7 Å². The van der Waals surface area contributed by atoms with Crippen molar-refractivity contribution in [1.29, 1.82) is 5.26 Å². The number of carbonyl (C=O) groups excluding carboxylic acids is 2. The number of morpholine rings is 1. The second-order valence-electron chi connectivity index (χ2n) is 18.2. The number of ether oxygens (including phenoxy) is 5. The number of alkyl halides is 3. The first-order valence-corrected chi connectivity index (χ1v) is 20.2. The molecule has 2 unspecified atom stereocenters. The highest BCUT2D eigenvalue weighted by Crippen LogP contribution is 2.57. The summed E-state index contributed by atoms with van der Waals surface area (Å²) in [5.41, 5.74) is -6.20. The number of amides is 2. The summed E-state index contributed by atoms with van der Waals surface area (Å²) in [5.74, 6) is -2.40. The van der Waals surface area contributed by atoms with Crippen molar-refractivity contribution < 1.29 is 55.2 Å². The number of benzene rings is 2. The molecule has 4 aliphatic heterocycles. The molecule has 4 aromatic rings. The maximum Gasteiger partial charge on any atom is 0.417 e. The van der Waals surface area contributed by atoms with Gasteiger partial charge in [-0.3, -0.25) is 5.32 Å². The number of piperazine rings is 1. The lowest BCUT2D eigenvalue weighted by Gasteiger charge is -2.50. The molecule has 2 amide bonds. The Bertz CT molecular complexity index is 2450. The Morgan fingerprint density at radius 3 is 2.28 bits per heavy atom. The molecule has 1 N–H and O–H groups in total. The monoisotopic (exact) mass is 858 g/mol. The van der Waals surface area contributed by atoms with Crippen LogP contribution in [-0.4, -0.2) is 95.5 Å². The third kappa shape index (κ3) is 7.62. The van der Waals surface area contributed by atoms with Gasteiger partial charge in [-0.15, -0.1) is 11.3 Å². The summed E-state index contributed by atoms with van der Waals surface area (Å²) >= 11 is 0.596. The number of hydrogen-bond acceptors (Lipinski definition) is 12. The van der Waals surface area contributed by atoms with E-state index in [0.29, 0.717) is 30.8 Å². The topological polar surface area (TPSA) is 148 Å². The van der Waals surface area contributed by atoms with Gasteiger partial charge in [-0.05, 0) is 79.0 Å². The molecule has 4 saturated heterocycles. The number of halogens is 5. The number of carbonyl (C=O) groups is 2. The smallest absolute Gasteiger partial charge is 0.417 e. The summed E-state index contributed by atoms with van der Waals surface area (Å²) in [5, 5.41) is 11.9. The average Bonchev–Trinajstić information content (AvgIpc) is 3.77. The first kappa shape index (κ1) is 41.7. The standard InChI is InChI=1S/C41H43F5N6O7S/c1-37(2,3)58-35(53)50-33-24(11-47)27-22(8-9-26(42)31(27)60-33)28-25(41(44,45)46)10-23-30(29(28)43)48-34(56-18-40-16-39(7,17-40)57-19-40)49-32(23)52-20-12-51(13-21(52)15-55-14-20)36(54)59-38(4,5)6/h8-10,20-21H,12-19H2,1-7H3,(H,50,53). The summed E-state index contributed by atoms with van der Waals surface area (Å²) in [6, 6.07) is 2.86. The van der Waals surface area contributed by atoms with Gasteiger partial charge in [0.1, 0.15) is 39.4 Å². The van der Waals surface area contributed by atoms with E-state index in [4.69, 9.17) is 23.7 Å². The van der Waals surface area contributed by atoms with E-state index in [0.717, 1.165) is 18.2 Å². The van der Waals surface area contributed by atoms with Crippen LogP contribution in [0.15, 0.2) is 18.2 Å². The predicted molar refractivity (Wildman–Crippen MR) is 210 cm³/mol. The van der Waals surface area contributed by atoms with Crippen LogP contribution in [0.5, 0.6) is 6.01 Å². The summed E-state index contributed by atoms with van der Waals surface area (Å²) in [6.45, 7) is 12.7. The summed E-state index contributed by atoms with van der Waals surface area (Å²) in [7, 11) is 0. The van der Waals surface area contributed by atoms with E-state index in [1.165, 1.54) is 4.90 Å². The molecule has 5 aliphatic rings.